The number of benzene rings is 1. The zero-order valence-corrected chi connectivity index (χ0v) is 20.4. The van der Waals surface area contributed by atoms with Crippen LogP contribution in [0.2, 0.25) is 0 Å². The van der Waals surface area contributed by atoms with Gasteiger partial charge in [0.1, 0.15) is 17.5 Å². The number of rotatable bonds is 9. The highest BCUT2D eigenvalue weighted by atomic mass is 19.1. The summed E-state index contributed by atoms with van der Waals surface area (Å²) in [5.41, 5.74) is 3.33. The molecule has 3 aromatic heterocycles. The maximum atomic E-state index is 13.7. The van der Waals surface area contributed by atoms with E-state index >= 15 is 0 Å². The summed E-state index contributed by atoms with van der Waals surface area (Å²) < 4.78 is 15.7. The molecule has 0 amide bonds. The minimum Gasteiger partial charge on any atom is -0.351 e. The number of imidazole rings is 1. The van der Waals surface area contributed by atoms with Crippen molar-refractivity contribution in [2.24, 2.45) is 0 Å². The summed E-state index contributed by atoms with van der Waals surface area (Å²) >= 11 is 0. The number of fused-ring (bicyclic) bond motifs is 1. The SMILES string of the molecule is CCN(CC)CCc1ccc2c(n1)nc(-c1ccc(F)cc1)n2-c1ccnc(NC2CCCC2)n1. The maximum absolute atomic E-state index is 13.7. The lowest BCUT2D eigenvalue weighted by Crippen LogP contribution is -2.25. The molecule has 5 rings (SSSR count). The van der Waals surface area contributed by atoms with Crippen LogP contribution in [0.25, 0.3) is 28.4 Å². The summed E-state index contributed by atoms with van der Waals surface area (Å²) in [6.07, 6.45) is 7.39. The summed E-state index contributed by atoms with van der Waals surface area (Å²) in [6.45, 7) is 7.35. The molecule has 0 unspecified atom stereocenters. The Hall–Kier alpha value is -3.39. The van der Waals surface area contributed by atoms with Crippen molar-refractivity contribution in [1.82, 2.24) is 29.4 Å². The number of anilines is 1. The van der Waals surface area contributed by atoms with Crippen LogP contribution in [0.1, 0.15) is 45.2 Å². The van der Waals surface area contributed by atoms with E-state index in [1.807, 2.05) is 10.6 Å². The van der Waals surface area contributed by atoms with Gasteiger partial charge in [-0.3, -0.25) is 4.57 Å². The lowest BCUT2D eigenvalue weighted by Gasteiger charge is -2.17. The minimum atomic E-state index is -0.279. The average Bonchev–Trinajstić information content (AvgIpc) is 3.53. The van der Waals surface area contributed by atoms with E-state index in [0.717, 1.165) is 55.7 Å². The van der Waals surface area contributed by atoms with Gasteiger partial charge < -0.3 is 10.2 Å². The smallest absolute Gasteiger partial charge is 0.224 e. The Morgan fingerprint density at radius 1 is 0.971 bits per heavy atom. The molecular formula is C27H32FN7. The van der Waals surface area contributed by atoms with Crippen LogP contribution >= 0.6 is 0 Å². The Morgan fingerprint density at radius 2 is 1.74 bits per heavy atom. The highest BCUT2D eigenvalue weighted by Crippen LogP contribution is 2.28. The van der Waals surface area contributed by atoms with Crippen molar-refractivity contribution >= 4 is 17.1 Å². The van der Waals surface area contributed by atoms with Gasteiger partial charge in [0.2, 0.25) is 5.95 Å². The van der Waals surface area contributed by atoms with E-state index in [-0.39, 0.29) is 5.82 Å². The molecule has 1 aliphatic carbocycles. The molecule has 0 atom stereocenters. The van der Waals surface area contributed by atoms with Crippen molar-refractivity contribution in [3.8, 4) is 17.2 Å². The molecular weight excluding hydrogens is 441 g/mol. The molecule has 1 saturated carbocycles. The zero-order valence-electron chi connectivity index (χ0n) is 20.4. The van der Waals surface area contributed by atoms with Crippen molar-refractivity contribution in [2.75, 3.05) is 25.0 Å². The number of likely N-dealkylation sites (N-methyl/N-ethyl adjacent to an activating group) is 1. The number of nitrogens with one attached hydrogen (secondary N) is 1. The minimum absolute atomic E-state index is 0.279. The van der Waals surface area contributed by atoms with E-state index < -0.39 is 0 Å². The summed E-state index contributed by atoms with van der Waals surface area (Å²) in [7, 11) is 0. The van der Waals surface area contributed by atoms with Crippen LogP contribution in [0.4, 0.5) is 10.3 Å². The predicted octanol–water partition coefficient (Wildman–Crippen LogP) is 5.26. The van der Waals surface area contributed by atoms with Crippen molar-refractivity contribution in [2.45, 2.75) is 52.0 Å². The van der Waals surface area contributed by atoms with Crippen LogP contribution in [0.5, 0.6) is 0 Å². The van der Waals surface area contributed by atoms with Gasteiger partial charge in [-0.1, -0.05) is 26.7 Å². The number of hydrogen-bond acceptors (Lipinski definition) is 6. The third-order valence-corrected chi connectivity index (χ3v) is 6.82. The highest BCUT2D eigenvalue weighted by Gasteiger charge is 2.19. The maximum Gasteiger partial charge on any atom is 0.224 e. The van der Waals surface area contributed by atoms with Gasteiger partial charge >= 0.3 is 0 Å². The van der Waals surface area contributed by atoms with Gasteiger partial charge in [0.15, 0.2) is 5.65 Å². The van der Waals surface area contributed by atoms with Gasteiger partial charge in [-0.05, 0) is 68.4 Å². The second-order valence-electron chi connectivity index (χ2n) is 9.06. The highest BCUT2D eigenvalue weighted by molar-refractivity contribution is 5.80. The number of halogens is 1. The standard InChI is InChI=1S/C27H32FN7/c1-3-34(4-2)18-16-22-13-14-23-25(30-22)33-26(19-9-11-20(28)12-10-19)35(23)24-15-17-29-27(32-24)31-21-7-5-6-8-21/h9-15,17,21H,3-8,16,18H2,1-2H3,(H,29,31,32). The van der Waals surface area contributed by atoms with Gasteiger partial charge in [0.25, 0.3) is 0 Å². The third kappa shape index (κ3) is 5.17. The molecule has 0 radical (unpaired) electrons. The van der Waals surface area contributed by atoms with Crippen LogP contribution in [-0.2, 0) is 6.42 Å². The Morgan fingerprint density at radius 3 is 2.49 bits per heavy atom. The van der Waals surface area contributed by atoms with E-state index in [4.69, 9.17) is 15.0 Å². The Kier molecular flexibility index (Phi) is 6.99. The van der Waals surface area contributed by atoms with Crippen LogP contribution in [0, 0.1) is 5.82 Å². The lowest BCUT2D eigenvalue weighted by molar-refractivity contribution is 0.307. The first-order chi connectivity index (χ1) is 17.1. The molecule has 3 heterocycles. The van der Waals surface area contributed by atoms with Gasteiger partial charge in [-0.15, -0.1) is 0 Å². The number of hydrogen-bond donors (Lipinski definition) is 1. The van der Waals surface area contributed by atoms with E-state index in [0.29, 0.717) is 29.3 Å². The first-order valence-corrected chi connectivity index (χ1v) is 12.6. The quantitative estimate of drug-likeness (QED) is 0.358. The zero-order chi connectivity index (χ0) is 24.2. The van der Waals surface area contributed by atoms with Crippen molar-refractivity contribution in [3.05, 3.63) is 60.2 Å². The molecule has 1 N–H and O–H groups in total. The molecule has 8 heteroatoms. The first kappa shape index (κ1) is 23.4. The fourth-order valence-corrected chi connectivity index (χ4v) is 4.77. The predicted molar refractivity (Wildman–Crippen MR) is 137 cm³/mol. The molecule has 4 aromatic rings. The average molecular weight is 474 g/mol. The summed E-state index contributed by atoms with van der Waals surface area (Å²) in [4.78, 5) is 21.4. The molecule has 1 fully saturated rings. The van der Waals surface area contributed by atoms with Gasteiger partial charge in [-0.2, -0.15) is 4.98 Å². The van der Waals surface area contributed by atoms with E-state index in [2.05, 4.69) is 41.2 Å². The summed E-state index contributed by atoms with van der Waals surface area (Å²) in [6, 6.07) is 12.8. The summed E-state index contributed by atoms with van der Waals surface area (Å²) in [5.74, 6) is 1.72. The van der Waals surface area contributed by atoms with Gasteiger partial charge in [0.05, 0.1) is 5.52 Å². The van der Waals surface area contributed by atoms with Crippen LogP contribution in [-0.4, -0.2) is 55.1 Å². The van der Waals surface area contributed by atoms with Crippen molar-refractivity contribution in [3.63, 3.8) is 0 Å². The largest absolute Gasteiger partial charge is 0.351 e. The lowest BCUT2D eigenvalue weighted by atomic mass is 10.2. The first-order valence-electron chi connectivity index (χ1n) is 12.6. The van der Waals surface area contributed by atoms with Gasteiger partial charge in [-0.25, -0.2) is 19.3 Å². The Labute approximate surface area is 205 Å². The number of pyridine rings is 1. The molecule has 1 aliphatic rings. The van der Waals surface area contributed by atoms with E-state index in [1.165, 1.54) is 25.0 Å². The number of nitrogens with zero attached hydrogens (tertiary/aromatic N) is 6. The third-order valence-electron chi connectivity index (χ3n) is 6.82. The summed E-state index contributed by atoms with van der Waals surface area (Å²) in [5, 5.41) is 3.48. The number of aromatic nitrogens is 5. The second kappa shape index (κ2) is 10.5. The monoisotopic (exact) mass is 473 g/mol. The van der Waals surface area contributed by atoms with Crippen LogP contribution in [0.15, 0.2) is 48.7 Å². The molecule has 0 saturated heterocycles. The van der Waals surface area contributed by atoms with Crippen LogP contribution in [0.3, 0.4) is 0 Å². The van der Waals surface area contributed by atoms with E-state index in [9.17, 15) is 4.39 Å². The molecule has 0 spiro atoms. The fraction of sp³-hybridized carbons (Fsp3) is 0.407. The molecule has 7 nitrogen and oxygen atoms in total. The van der Waals surface area contributed by atoms with Crippen LogP contribution < -0.4 is 5.32 Å². The molecule has 35 heavy (non-hydrogen) atoms. The fourth-order valence-electron chi connectivity index (χ4n) is 4.77. The van der Waals surface area contributed by atoms with Crippen molar-refractivity contribution in [1.29, 1.82) is 0 Å². The molecule has 0 aliphatic heterocycles. The van der Waals surface area contributed by atoms with Crippen molar-refractivity contribution < 1.29 is 4.39 Å². The normalized spacial score (nSPS) is 14.3. The molecule has 182 valence electrons. The Bertz CT molecular complexity index is 1270. The molecule has 1 aromatic carbocycles. The second-order valence-corrected chi connectivity index (χ2v) is 9.06. The molecule has 0 bridgehead atoms. The van der Waals surface area contributed by atoms with Gasteiger partial charge in [0, 0.05) is 36.5 Å². The van der Waals surface area contributed by atoms with E-state index in [1.54, 1.807) is 18.3 Å². The Balaban J connectivity index is 1.55. The topological polar surface area (TPSA) is 71.8 Å².